The second kappa shape index (κ2) is 8.83. The van der Waals surface area contributed by atoms with Crippen molar-refractivity contribution in [2.24, 2.45) is 5.41 Å². The Kier molecular flexibility index (Phi) is 6.79. The van der Waals surface area contributed by atoms with Crippen LogP contribution in [0.3, 0.4) is 0 Å². The fourth-order valence-electron chi connectivity index (χ4n) is 3.07. The topological polar surface area (TPSA) is 75.6 Å². The molecule has 0 aromatic heterocycles. The molecule has 2 rings (SSSR count). The van der Waals surface area contributed by atoms with E-state index in [9.17, 15) is 9.59 Å². The lowest BCUT2D eigenvalue weighted by Crippen LogP contribution is -2.43. The van der Waals surface area contributed by atoms with Crippen LogP contribution in [0.5, 0.6) is 0 Å². The molecule has 5 nitrogen and oxygen atoms in total. The summed E-state index contributed by atoms with van der Waals surface area (Å²) in [4.78, 5) is 22.9. The zero-order chi connectivity index (χ0) is 17.4. The first-order chi connectivity index (χ1) is 11.5. The van der Waals surface area contributed by atoms with Crippen molar-refractivity contribution in [2.45, 2.75) is 45.4 Å². The highest BCUT2D eigenvalue weighted by atomic mass is 16.5. The predicted octanol–water partition coefficient (Wildman–Crippen LogP) is 3.03. The van der Waals surface area contributed by atoms with Crippen molar-refractivity contribution in [1.29, 1.82) is 0 Å². The van der Waals surface area contributed by atoms with Gasteiger partial charge in [-0.2, -0.15) is 0 Å². The van der Waals surface area contributed by atoms with Gasteiger partial charge >= 0.3 is 5.97 Å². The van der Waals surface area contributed by atoms with Gasteiger partial charge < -0.3 is 15.2 Å². The minimum absolute atomic E-state index is 0.0556. The van der Waals surface area contributed by atoms with Crippen molar-refractivity contribution in [3.05, 3.63) is 35.4 Å². The highest BCUT2D eigenvalue weighted by Gasteiger charge is 2.36. The molecule has 1 aliphatic rings. The summed E-state index contributed by atoms with van der Waals surface area (Å²) in [5.41, 5.74) is 1.47. The van der Waals surface area contributed by atoms with Crippen molar-refractivity contribution < 1.29 is 19.4 Å². The maximum Gasteiger partial charge on any atom is 0.335 e. The van der Waals surface area contributed by atoms with Crippen molar-refractivity contribution in [2.75, 3.05) is 19.8 Å². The van der Waals surface area contributed by atoms with Crippen molar-refractivity contribution >= 4 is 11.9 Å². The Bertz CT molecular complexity index is 549. The van der Waals surface area contributed by atoms with Crippen LogP contribution in [0.1, 0.15) is 54.9 Å². The number of carboxylic acids is 1. The highest BCUT2D eigenvalue weighted by Crippen LogP contribution is 2.43. The summed E-state index contributed by atoms with van der Waals surface area (Å²) in [5.74, 6) is -0.878. The van der Waals surface area contributed by atoms with E-state index >= 15 is 0 Å². The first-order valence-electron chi connectivity index (χ1n) is 8.71. The number of benzene rings is 1. The second-order valence-electron chi connectivity index (χ2n) is 6.58. The van der Waals surface area contributed by atoms with Crippen molar-refractivity contribution in [3.63, 3.8) is 0 Å². The molecule has 0 atom stereocenters. The number of nitrogens with one attached hydrogen (secondary N) is 1. The summed E-state index contributed by atoms with van der Waals surface area (Å²) in [7, 11) is 0. The quantitative estimate of drug-likeness (QED) is 0.645. The number of ether oxygens (including phenoxy) is 1. The van der Waals surface area contributed by atoms with Gasteiger partial charge in [-0.05, 0) is 55.7 Å². The summed E-state index contributed by atoms with van der Waals surface area (Å²) in [6.07, 6.45) is 5.62. The molecule has 1 fully saturated rings. The minimum Gasteiger partial charge on any atom is -0.478 e. The summed E-state index contributed by atoms with van der Waals surface area (Å²) in [5, 5.41) is 11.9. The van der Waals surface area contributed by atoms with E-state index in [0.717, 1.165) is 44.6 Å². The lowest BCUT2D eigenvalue weighted by Gasteiger charge is -2.42. The first kappa shape index (κ1) is 18.5. The molecule has 0 saturated heterocycles. The number of carbonyl (C=O) groups excluding carboxylic acids is 1. The van der Waals surface area contributed by atoms with Crippen molar-refractivity contribution in [1.82, 2.24) is 5.32 Å². The van der Waals surface area contributed by atoms with Gasteiger partial charge in [-0.3, -0.25) is 4.79 Å². The maximum atomic E-state index is 12.1. The summed E-state index contributed by atoms with van der Waals surface area (Å²) >= 11 is 0. The van der Waals surface area contributed by atoms with Crippen LogP contribution in [-0.2, 0) is 16.0 Å². The Balaban J connectivity index is 1.71. The van der Waals surface area contributed by atoms with Gasteiger partial charge in [0.25, 0.3) is 0 Å². The van der Waals surface area contributed by atoms with E-state index in [4.69, 9.17) is 9.84 Å². The zero-order valence-electron chi connectivity index (χ0n) is 14.3. The molecule has 1 aromatic carbocycles. The molecule has 0 radical (unpaired) electrons. The number of rotatable bonds is 10. The number of carboxylic acid groups (broad SMARTS) is 1. The maximum absolute atomic E-state index is 12.1. The Hall–Kier alpha value is -1.88. The molecule has 1 aliphatic carbocycles. The minimum atomic E-state index is -0.933. The molecule has 1 saturated carbocycles. The molecule has 0 unspecified atom stereocenters. The molecule has 0 bridgehead atoms. The van der Waals surface area contributed by atoms with Crippen LogP contribution in [0.25, 0.3) is 0 Å². The van der Waals surface area contributed by atoms with E-state index in [1.165, 1.54) is 6.42 Å². The average Bonchev–Trinajstić information content (AvgIpc) is 2.55. The largest absolute Gasteiger partial charge is 0.478 e. The molecule has 0 heterocycles. The molecular weight excluding hydrogens is 306 g/mol. The molecule has 1 aromatic rings. The number of hydrogen-bond acceptors (Lipinski definition) is 3. The van der Waals surface area contributed by atoms with Gasteiger partial charge in [0, 0.05) is 26.2 Å². The van der Waals surface area contributed by atoms with Crippen LogP contribution in [0.15, 0.2) is 24.3 Å². The normalized spacial score (nSPS) is 15.5. The Morgan fingerprint density at radius 1 is 1.25 bits per heavy atom. The Morgan fingerprint density at radius 2 is 1.96 bits per heavy atom. The van der Waals surface area contributed by atoms with Crippen LogP contribution in [0.2, 0.25) is 0 Å². The summed E-state index contributed by atoms with van der Waals surface area (Å²) in [6.45, 7) is 4.24. The summed E-state index contributed by atoms with van der Waals surface area (Å²) in [6, 6.07) is 6.69. The van der Waals surface area contributed by atoms with Gasteiger partial charge in [-0.1, -0.05) is 18.6 Å². The highest BCUT2D eigenvalue weighted by molar-refractivity contribution is 5.87. The smallest absolute Gasteiger partial charge is 0.335 e. The van der Waals surface area contributed by atoms with Crippen LogP contribution in [0, 0.1) is 5.41 Å². The van der Waals surface area contributed by atoms with Gasteiger partial charge in [0.2, 0.25) is 5.91 Å². The molecule has 132 valence electrons. The number of hydrogen-bond donors (Lipinski definition) is 2. The van der Waals surface area contributed by atoms with E-state index in [0.29, 0.717) is 12.8 Å². The number of carbonyl (C=O) groups is 2. The molecule has 0 aliphatic heterocycles. The van der Waals surface area contributed by atoms with E-state index in [2.05, 4.69) is 5.32 Å². The van der Waals surface area contributed by atoms with E-state index in [1.807, 2.05) is 6.92 Å². The number of aryl methyl sites for hydroxylation is 1. The average molecular weight is 333 g/mol. The van der Waals surface area contributed by atoms with Crippen LogP contribution in [-0.4, -0.2) is 36.7 Å². The molecular formula is C19H27NO4. The number of aromatic carboxylic acids is 1. The third-order valence-corrected chi connectivity index (χ3v) is 4.90. The van der Waals surface area contributed by atoms with Crippen LogP contribution < -0.4 is 5.32 Å². The summed E-state index contributed by atoms with van der Waals surface area (Å²) < 4.78 is 5.45. The number of amides is 1. The lowest BCUT2D eigenvalue weighted by atomic mass is 9.66. The monoisotopic (exact) mass is 333 g/mol. The molecule has 1 amide bonds. The standard InChI is InChI=1S/C19H27NO4/c1-2-24-13-12-19(10-3-11-19)14-20-17(21)9-6-15-4-7-16(8-5-15)18(22)23/h4-5,7-8H,2-3,6,9-14H2,1H3,(H,20,21)(H,22,23). The third-order valence-electron chi connectivity index (χ3n) is 4.90. The fourth-order valence-corrected chi connectivity index (χ4v) is 3.07. The molecule has 24 heavy (non-hydrogen) atoms. The van der Waals surface area contributed by atoms with E-state index in [1.54, 1.807) is 24.3 Å². The first-order valence-corrected chi connectivity index (χ1v) is 8.71. The van der Waals surface area contributed by atoms with Crippen LogP contribution >= 0.6 is 0 Å². The van der Waals surface area contributed by atoms with Gasteiger partial charge in [-0.25, -0.2) is 4.79 Å². The van der Waals surface area contributed by atoms with Crippen molar-refractivity contribution in [3.8, 4) is 0 Å². The van der Waals surface area contributed by atoms with Gasteiger partial charge in [-0.15, -0.1) is 0 Å². The predicted molar refractivity (Wildman–Crippen MR) is 92.1 cm³/mol. The second-order valence-corrected chi connectivity index (χ2v) is 6.58. The van der Waals surface area contributed by atoms with Gasteiger partial charge in [0.1, 0.15) is 0 Å². The van der Waals surface area contributed by atoms with E-state index in [-0.39, 0.29) is 16.9 Å². The zero-order valence-corrected chi connectivity index (χ0v) is 14.3. The van der Waals surface area contributed by atoms with Crippen LogP contribution in [0.4, 0.5) is 0 Å². The SMILES string of the molecule is CCOCCC1(CNC(=O)CCc2ccc(C(=O)O)cc2)CCC1. The fraction of sp³-hybridized carbons (Fsp3) is 0.579. The lowest BCUT2D eigenvalue weighted by molar-refractivity contribution is -0.122. The molecule has 0 spiro atoms. The molecule has 2 N–H and O–H groups in total. The van der Waals surface area contributed by atoms with Gasteiger partial charge in [0.05, 0.1) is 5.56 Å². The van der Waals surface area contributed by atoms with E-state index < -0.39 is 5.97 Å². The Labute approximate surface area is 143 Å². The van der Waals surface area contributed by atoms with Gasteiger partial charge in [0.15, 0.2) is 0 Å². The third kappa shape index (κ3) is 5.34. The molecule has 5 heteroatoms. The Morgan fingerprint density at radius 3 is 2.50 bits per heavy atom.